The van der Waals surface area contributed by atoms with Crippen LogP contribution in [-0.4, -0.2) is 15.1 Å². The van der Waals surface area contributed by atoms with Crippen LogP contribution in [0.4, 0.5) is 0 Å². The quantitative estimate of drug-likeness (QED) is 0.589. The van der Waals surface area contributed by atoms with Crippen molar-refractivity contribution in [3.63, 3.8) is 0 Å². The summed E-state index contributed by atoms with van der Waals surface area (Å²) < 4.78 is 5.87. The van der Waals surface area contributed by atoms with Crippen LogP contribution in [0.2, 0.25) is 0 Å². The fourth-order valence-corrected chi connectivity index (χ4v) is 3.58. The van der Waals surface area contributed by atoms with Gasteiger partial charge in [-0.05, 0) is 35.3 Å². The zero-order chi connectivity index (χ0) is 16.4. The number of hydrogen-bond acceptors (Lipinski definition) is 4. The number of thioether (sulfide) groups is 1. The van der Waals surface area contributed by atoms with Crippen molar-refractivity contribution in [2.75, 3.05) is 0 Å². The molecular formula is C18H17NO2S2. The second-order valence-electron chi connectivity index (χ2n) is 5.67. The third kappa shape index (κ3) is 3.57. The van der Waals surface area contributed by atoms with E-state index in [1.54, 1.807) is 17.2 Å². The van der Waals surface area contributed by atoms with Crippen LogP contribution in [-0.2, 0) is 11.3 Å². The van der Waals surface area contributed by atoms with E-state index >= 15 is 0 Å². The van der Waals surface area contributed by atoms with Crippen LogP contribution in [0, 0.1) is 0 Å². The first kappa shape index (κ1) is 16.0. The molecule has 0 atom stereocenters. The minimum Gasteiger partial charge on any atom is -0.467 e. The summed E-state index contributed by atoms with van der Waals surface area (Å²) in [7, 11) is 0. The molecule has 0 N–H and O–H groups in total. The zero-order valence-electron chi connectivity index (χ0n) is 13.0. The van der Waals surface area contributed by atoms with Gasteiger partial charge in [0.2, 0.25) is 0 Å². The lowest BCUT2D eigenvalue weighted by Crippen LogP contribution is -2.27. The maximum absolute atomic E-state index is 12.5. The van der Waals surface area contributed by atoms with Crippen molar-refractivity contribution in [3.8, 4) is 0 Å². The van der Waals surface area contributed by atoms with Crippen LogP contribution >= 0.6 is 24.0 Å². The Kier molecular flexibility index (Phi) is 4.68. The summed E-state index contributed by atoms with van der Waals surface area (Å²) in [5, 5.41) is 0. The topological polar surface area (TPSA) is 33.5 Å². The van der Waals surface area contributed by atoms with Gasteiger partial charge >= 0.3 is 0 Å². The number of carbonyl (C=O) groups excluding carboxylic acids is 1. The molecule has 0 saturated carbocycles. The third-order valence-electron chi connectivity index (χ3n) is 3.67. The largest absolute Gasteiger partial charge is 0.467 e. The van der Waals surface area contributed by atoms with Crippen molar-refractivity contribution < 1.29 is 9.21 Å². The molecule has 5 heteroatoms. The summed E-state index contributed by atoms with van der Waals surface area (Å²) in [5.74, 6) is 1.16. The number of rotatable bonds is 4. The van der Waals surface area contributed by atoms with Crippen LogP contribution in [0.1, 0.15) is 36.7 Å². The molecular weight excluding hydrogens is 326 g/mol. The molecule has 1 aromatic carbocycles. The third-order valence-corrected chi connectivity index (χ3v) is 5.05. The van der Waals surface area contributed by atoms with Gasteiger partial charge in [0.25, 0.3) is 5.91 Å². The van der Waals surface area contributed by atoms with Crippen molar-refractivity contribution in [2.45, 2.75) is 26.3 Å². The van der Waals surface area contributed by atoms with Crippen LogP contribution in [0.15, 0.2) is 52.0 Å². The van der Waals surface area contributed by atoms with Crippen molar-refractivity contribution in [1.82, 2.24) is 4.90 Å². The van der Waals surface area contributed by atoms with E-state index in [0.29, 0.717) is 21.7 Å². The van der Waals surface area contributed by atoms with E-state index in [1.165, 1.54) is 17.3 Å². The van der Waals surface area contributed by atoms with E-state index in [2.05, 4.69) is 26.0 Å². The van der Waals surface area contributed by atoms with Gasteiger partial charge in [0.15, 0.2) is 0 Å². The maximum atomic E-state index is 12.5. The number of hydrogen-bond donors (Lipinski definition) is 0. The van der Waals surface area contributed by atoms with Crippen LogP contribution < -0.4 is 0 Å². The first-order valence-corrected chi connectivity index (χ1v) is 8.65. The summed E-state index contributed by atoms with van der Waals surface area (Å²) in [6.45, 7) is 4.70. The molecule has 1 fully saturated rings. The van der Waals surface area contributed by atoms with Crippen LogP contribution in [0.25, 0.3) is 6.08 Å². The van der Waals surface area contributed by atoms with E-state index in [-0.39, 0.29) is 5.91 Å². The summed E-state index contributed by atoms with van der Waals surface area (Å²) in [5.41, 5.74) is 2.29. The van der Waals surface area contributed by atoms with Gasteiger partial charge < -0.3 is 4.42 Å². The van der Waals surface area contributed by atoms with Gasteiger partial charge in [0.1, 0.15) is 10.1 Å². The Balaban J connectivity index is 1.78. The Hall–Kier alpha value is -1.85. The highest BCUT2D eigenvalue weighted by Gasteiger charge is 2.32. The first-order valence-electron chi connectivity index (χ1n) is 7.42. The van der Waals surface area contributed by atoms with Crippen LogP contribution in [0.5, 0.6) is 0 Å². The number of thiocarbonyl (C=S) groups is 1. The van der Waals surface area contributed by atoms with Crippen molar-refractivity contribution >= 4 is 40.3 Å². The van der Waals surface area contributed by atoms with Crippen molar-refractivity contribution in [1.29, 1.82) is 0 Å². The molecule has 0 unspecified atom stereocenters. The lowest BCUT2D eigenvalue weighted by molar-refractivity contribution is -0.122. The Labute approximate surface area is 145 Å². The lowest BCUT2D eigenvalue weighted by Gasteiger charge is -2.12. The molecule has 118 valence electrons. The van der Waals surface area contributed by atoms with Gasteiger partial charge in [0, 0.05) is 0 Å². The van der Waals surface area contributed by atoms with Gasteiger partial charge in [-0.2, -0.15) is 0 Å². The molecule has 1 amide bonds. The van der Waals surface area contributed by atoms with E-state index in [4.69, 9.17) is 16.6 Å². The number of amides is 1. The molecule has 1 aliphatic rings. The number of nitrogens with zero attached hydrogens (tertiary/aromatic N) is 1. The Morgan fingerprint density at radius 2 is 2.00 bits per heavy atom. The SMILES string of the molecule is CC(C)c1ccc(C=C2SC(=S)N(Cc3ccco3)C2=O)cc1. The molecule has 2 heterocycles. The number of carbonyl (C=O) groups is 1. The van der Waals surface area contributed by atoms with Gasteiger partial charge in [-0.25, -0.2) is 0 Å². The highest BCUT2D eigenvalue weighted by molar-refractivity contribution is 8.26. The zero-order valence-corrected chi connectivity index (χ0v) is 14.6. The average Bonchev–Trinajstić information content (AvgIpc) is 3.12. The van der Waals surface area contributed by atoms with E-state index in [9.17, 15) is 4.79 Å². The molecule has 0 radical (unpaired) electrons. The number of benzene rings is 1. The van der Waals surface area contributed by atoms with Gasteiger partial charge in [-0.3, -0.25) is 9.69 Å². The second kappa shape index (κ2) is 6.72. The monoisotopic (exact) mass is 343 g/mol. The van der Waals surface area contributed by atoms with E-state index < -0.39 is 0 Å². The van der Waals surface area contributed by atoms with E-state index in [1.807, 2.05) is 24.3 Å². The highest BCUT2D eigenvalue weighted by Crippen LogP contribution is 2.33. The predicted octanol–water partition coefficient (Wildman–Crippen LogP) is 4.80. The molecule has 0 bridgehead atoms. The molecule has 1 aromatic heterocycles. The van der Waals surface area contributed by atoms with Gasteiger partial charge in [-0.1, -0.05) is 62.1 Å². The lowest BCUT2D eigenvalue weighted by atomic mass is 10.0. The summed E-state index contributed by atoms with van der Waals surface area (Å²) in [6.07, 6.45) is 3.49. The number of furan rings is 1. The molecule has 0 spiro atoms. The molecule has 1 aliphatic heterocycles. The summed E-state index contributed by atoms with van der Waals surface area (Å²) >= 11 is 6.66. The fraction of sp³-hybridized carbons (Fsp3) is 0.222. The normalized spacial score (nSPS) is 16.8. The summed E-state index contributed by atoms with van der Waals surface area (Å²) in [4.78, 5) is 14.8. The van der Waals surface area contributed by atoms with Crippen molar-refractivity contribution in [3.05, 3.63) is 64.5 Å². The minimum absolute atomic E-state index is 0.0654. The second-order valence-corrected chi connectivity index (χ2v) is 7.34. The summed E-state index contributed by atoms with van der Waals surface area (Å²) in [6, 6.07) is 11.9. The predicted molar refractivity (Wildman–Crippen MR) is 98.0 cm³/mol. The van der Waals surface area contributed by atoms with E-state index in [0.717, 1.165) is 11.3 Å². The smallest absolute Gasteiger partial charge is 0.266 e. The molecule has 3 nitrogen and oxygen atoms in total. The molecule has 1 saturated heterocycles. The van der Waals surface area contributed by atoms with Gasteiger partial charge in [-0.15, -0.1) is 0 Å². The molecule has 23 heavy (non-hydrogen) atoms. The highest BCUT2D eigenvalue weighted by atomic mass is 32.2. The van der Waals surface area contributed by atoms with Crippen molar-refractivity contribution in [2.24, 2.45) is 0 Å². The standard InChI is InChI=1S/C18H17NO2S2/c1-12(2)14-7-5-13(6-8-14)10-16-17(20)19(18(22)23-16)11-15-4-3-9-21-15/h3-10,12H,11H2,1-2H3. The molecule has 2 aromatic rings. The van der Waals surface area contributed by atoms with Gasteiger partial charge in [0.05, 0.1) is 17.7 Å². The Morgan fingerprint density at radius 3 is 2.61 bits per heavy atom. The Bertz CT molecular complexity index is 746. The average molecular weight is 343 g/mol. The minimum atomic E-state index is -0.0654. The maximum Gasteiger partial charge on any atom is 0.266 e. The van der Waals surface area contributed by atoms with Crippen LogP contribution in [0.3, 0.4) is 0 Å². The first-order chi connectivity index (χ1) is 11.0. The molecule has 3 rings (SSSR count). The molecule has 0 aliphatic carbocycles. The Morgan fingerprint density at radius 1 is 1.26 bits per heavy atom. The fourth-order valence-electron chi connectivity index (χ4n) is 2.32.